The second kappa shape index (κ2) is 12.3. The van der Waals surface area contributed by atoms with Crippen LogP contribution in [0, 0.1) is 0 Å². The van der Waals surface area contributed by atoms with Crippen LogP contribution in [-0.4, -0.2) is 28.8 Å². The largest absolute Gasteiger partial charge is 0.352 e. The van der Waals surface area contributed by atoms with Gasteiger partial charge >= 0.3 is 0 Å². The average molecular weight is 518 g/mol. The van der Waals surface area contributed by atoms with Gasteiger partial charge in [-0.15, -0.1) is 0 Å². The van der Waals surface area contributed by atoms with Crippen LogP contribution < -0.4 is 5.32 Å². The van der Waals surface area contributed by atoms with Crippen LogP contribution in [0.2, 0.25) is 15.1 Å². The van der Waals surface area contributed by atoms with Crippen LogP contribution in [-0.2, 0) is 29.0 Å². The van der Waals surface area contributed by atoms with Crippen LogP contribution in [0.3, 0.4) is 0 Å². The third-order valence-corrected chi connectivity index (χ3v) is 6.26. The summed E-state index contributed by atoms with van der Waals surface area (Å²) in [7, 11) is 0. The summed E-state index contributed by atoms with van der Waals surface area (Å²) in [5.74, 6) is -0.397. The van der Waals surface area contributed by atoms with Crippen molar-refractivity contribution in [3.8, 4) is 0 Å². The van der Waals surface area contributed by atoms with E-state index in [0.29, 0.717) is 21.5 Å². The van der Waals surface area contributed by atoms with Crippen molar-refractivity contribution in [1.29, 1.82) is 0 Å². The molecule has 178 valence electrons. The van der Waals surface area contributed by atoms with Gasteiger partial charge in [-0.3, -0.25) is 9.59 Å². The number of carbonyl (C=O) groups is 2. The molecule has 0 heterocycles. The molecule has 0 unspecified atom stereocenters. The number of nitrogens with one attached hydrogen (secondary N) is 1. The first-order chi connectivity index (χ1) is 16.2. The second-order valence-corrected chi connectivity index (χ2v) is 9.70. The van der Waals surface area contributed by atoms with Crippen molar-refractivity contribution >= 4 is 46.6 Å². The first-order valence-corrected chi connectivity index (χ1v) is 12.2. The topological polar surface area (TPSA) is 49.4 Å². The Morgan fingerprint density at radius 3 is 2.18 bits per heavy atom. The van der Waals surface area contributed by atoms with Crippen molar-refractivity contribution in [2.75, 3.05) is 0 Å². The fourth-order valence-electron chi connectivity index (χ4n) is 3.69. The van der Waals surface area contributed by atoms with Crippen LogP contribution in [0.15, 0.2) is 72.8 Å². The van der Waals surface area contributed by atoms with E-state index in [1.807, 2.05) is 56.3 Å². The van der Waals surface area contributed by atoms with E-state index < -0.39 is 6.04 Å². The predicted octanol–water partition coefficient (Wildman–Crippen LogP) is 6.35. The van der Waals surface area contributed by atoms with Crippen LogP contribution in [0.25, 0.3) is 0 Å². The smallest absolute Gasteiger partial charge is 0.243 e. The Kier molecular flexibility index (Phi) is 9.40. The predicted molar refractivity (Wildman–Crippen MR) is 139 cm³/mol. The molecule has 0 aliphatic rings. The fraction of sp³-hybridized carbons (Fsp3) is 0.259. The summed E-state index contributed by atoms with van der Waals surface area (Å²) in [5.41, 5.74) is 2.52. The van der Waals surface area contributed by atoms with Crippen LogP contribution >= 0.6 is 34.8 Å². The van der Waals surface area contributed by atoms with Crippen molar-refractivity contribution in [2.45, 2.75) is 45.3 Å². The highest BCUT2D eigenvalue weighted by Gasteiger charge is 2.30. The van der Waals surface area contributed by atoms with E-state index in [9.17, 15) is 9.59 Å². The molecule has 0 saturated carbocycles. The van der Waals surface area contributed by atoms with Gasteiger partial charge in [0.25, 0.3) is 0 Å². The lowest BCUT2D eigenvalue weighted by Gasteiger charge is -2.32. The first-order valence-electron chi connectivity index (χ1n) is 11.0. The molecule has 0 bridgehead atoms. The van der Waals surface area contributed by atoms with Gasteiger partial charge in [-0.2, -0.15) is 0 Å². The lowest BCUT2D eigenvalue weighted by molar-refractivity contribution is -0.141. The summed E-state index contributed by atoms with van der Waals surface area (Å²) in [5, 5.41) is 4.36. The second-order valence-electron chi connectivity index (χ2n) is 8.45. The number of rotatable bonds is 9. The number of benzene rings is 3. The molecule has 2 amide bonds. The summed E-state index contributed by atoms with van der Waals surface area (Å²) < 4.78 is 0. The number of hydrogen-bond donors (Lipinski definition) is 1. The van der Waals surface area contributed by atoms with Gasteiger partial charge in [0.2, 0.25) is 11.8 Å². The van der Waals surface area contributed by atoms with E-state index in [1.165, 1.54) is 0 Å². The minimum absolute atomic E-state index is 0.0689. The van der Waals surface area contributed by atoms with Gasteiger partial charge in [-0.05, 0) is 54.8 Å². The van der Waals surface area contributed by atoms with Gasteiger partial charge in [0.1, 0.15) is 6.04 Å². The zero-order valence-electron chi connectivity index (χ0n) is 19.1. The highest BCUT2D eigenvalue weighted by molar-refractivity contribution is 6.42. The Labute approximate surface area is 215 Å². The molecule has 1 atom stereocenters. The molecular formula is C27H27Cl3N2O2. The Hall–Kier alpha value is -2.53. The maximum absolute atomic E-state index is 13.6. The van der Waals surface area contributed by atoms with Crippen LogP contribution in [0.5, 0.6) is 0 Å². The molecule has 0 aliphatic heterocycles. The number of hydrogen-bond acceptors (Lipinski definition) is 2. The summed E-state index contributed by atoms with van der Waals surface area (Å²) in [6.45, 7) is 4.00. The highest BCUT2D eigenvalue weighted by Crippen LogP contribution is 2.25. The Balaban J connectivity index is 1.99. The van der Waals surface area contributed by atoms with Crippen molar-refractivity contribution in [1.82, 2.24) is 10.2 Å². The van der Waals surface area contributed by atoms with Gasteiger partial charge in [-0.1, -0.05) is 83.3 Å². The number of carbonyl (C=O) groups excluding carboxylic acids is 2. The number of amides is 2. The summed E-state index contributed by atoms with van der Waals surface area (Å²) in [4.78, 5) is 28.6. The molecule has 0 aliphatic carbocycles. The number of nitrogens with zero attached hydrogens (tertiary/aromatic N) is 1. The van der Waals surface area contributed by atoms with Gasteiger partial charge in [0, 0.05) is 24.0 Å². The molecule has 4 nitrogen and oxygen atoms in total. The minimum atomic E-state index is -0.717. The highest BCUT2D eigenvalue weighted by atomic mass is 35.5. The van der Waals surface area contributed by atoms with Crippen LogP contribution in [0.1, 0.15) is 30.5 Å². The van der Waals surface area contributed by atoms with Crippen LogP contribution in [0.4, 0.5) is 0 Å². The zero-order valence-corrected chi connectivity index (χ0v) is 21.4. The third kappa shape index (κ3) is 7.49. The van der Waals surface area contributed by atoms with E-state index >= 15 is 0 Å². The van der Waals surface area contributed by atoms with Gasteiger partial charge in [0.05, 0.1) is 16.5 Å². The summed E-state index contributed by atoms with van der Waals surface area (Å²) >= 11 is 18.5. The maximum atomic E-state index is 13.6. The van der Waals surface area contributed by atoms with Crippen molar-refractivity contribution < 1.29 is 9.59 Å². The maximum Gasteiger partial charge on any atom is 0.243 e. The molecule has 3 aromatic carbocycles. The quantitative estimate of drug-likeness (QED) is 0.359. The monoisotopic (exact) mass is 516 g/mol. The minimum Gasteiger partial charge on any atom is -0.352 e. The Morgan fingerprint density at radius 1 is 0.824 bits per heavy atom. The van der Waals surface area contributed by atoms with E-state index in [4.69, 9.17) is 34.8 Å². The van der Waals surface area contributed by atoms with Gasteiger partial charge in [0.15, 0.2) is 0 Å². The molecule has 3 rings (SSSR count). The molecule has 3 aromatic rings. The van der Waals surface area contributed by atoms with E-state index in [-0.39, 0.29) is 30.8 Å². The normalized spacial score (nSPS) is 11.8. The lowest BCUT2D eigenvalue weighted by Crippen LogP contribution is -2.52. The Morgan fingerprint density at radius 2 is 1.53 bits per heavy atom. The molecule has 34 heavy (non-hydrogen) atoms. The lowest BCUT2D eigenvalue weighted by atomic mass is 10.0. The molecular weight excluding hydrogens is 491 g/mol. The first kappa shape index (κ1) is 26.1. The van der Waals surface area contributed by atoms with E-state index in [2.05, 4.69) is 5.32 Å². The van der Waals surface area contributed by atoms with Crippen molar-refractivity contribution in [3.63, 3.8) is 0 Å². The Bertz CT molecular complexity index is 1140. The molecule has 0 radical (unpaired) electrons. The van der Waals surface area contributed by atoms with Crippen molar-refractivity contribution in [3.05, 3.63) is 105 Å². The van der Waals surface area contributed by atoms with Gasteiger partial charge < -0.3 is 10.2 Å². The third-order valence-electron chi connectivity index (χ3n) is 5.28. The molecule has 0 fully saturated rings. The summed E-state index contributed by atoms with van der Waals surface area (Å²) in [6.07, 6.45) is 0.490. The fourth-order valence-corrected chi connectivity index (χ4v) is 4.23. The number of halogens is 3. The van der Waals surface area contributed by atoms with E-state index in [1.54, 1.807) is 35.2 Å². The molecule has 0 spiro atoms. The standard InChI is InChI=1S/C27H27Cl3N2O2/c1-18(2)31-27(34)25(15-19-7-4-3-5-8-19)32(17-21-11-12-23(29)24(30)14-21)26(33)16-20-9-6-10-22(28)13-20/h3-14,18,25H,15-17H2,1-2H3,(H,31,34)/t25-/m1/s1. The molecule has 7 heteroatoms. The molecule has 1 N–H and O–H groups in total. The van der Waals surface area contributed by atoms with Crippen molar-refractivity contribution in [2.24, 2.45) is 0 Å². The zero-order chi connectivity index (χ0) is 24.7. The molecule has 0 saturated heterocycles. The van der Waals surface area contributed by atoms with Gasteiger partial charge in [-0.25, -0.2) is 0 Å². The summed E-state index contributed by atoms with van der Waals surface area (Å²) in [6, 6.07) is 21.3. The SMILES string of the molecule is CC(C)NC(=O)[C@@H](Cc1ccccc1)N(Cc1ccc(Cl)c(Cl)c1)C(=O)Cc1cccc(Cl)c1. The molecule has 0 aromatic heterocycles. The van der Waals surface area contributed by atoms with E-state index in [0.717, 1.165) is 16.7 Å². The average Bonchev–Trinajstić information content (AvgIpc) is 2.78.